The molecule has 4 aromatic heterocycles. The molecule has 10 heteroatoms. The van der Waals surface area contributed by atoms with Gasteiger partial charge in [-0.05, 0) is 43.9 Å². The summed E-state index contributed by atoms with van der Waals surface area (Å²) in [6.45, 7) is 2.82. The lowest BCUT2D eigenvalue weighted by Crippen LogP contribution is -2.51. The molecule has 0 bridgehead atoms. The predicted octanol–water partition coefficient (Wildman–Crippen LogP) is 2.87. The summed E-state index contributed by atoms with van der Waals surface area (Å²) < 4.78 is 3.50. The Bertz CT molecular complexity index is 1500. The molecular weight excluding hydrogens is 480 g/mol. The number of carbonyl (C=O) groups excluding carboxylic acids is 1. The average Bonchev–Trinajstić information content (AvgIpc) is 3.59. The Balaban J connectivity index is 1.21. The Labute approximate surface area is 220 Å². The Morgan fingerprint density at radius 1 is 0.974 bits per heavy atom. The number of amides is 1. The first-order valence-electron chi connectivity index (χ1n) is 13.1. The van der Waals surface area contributed by atoms with Crippen molar-refractivity contribution in [2.24, 2.45) is 13.0 Å². The Morgan fingerprint density at radius 3 is 2.42 bits per heavy atom. The highest BCUT2D eigenvalue weighted by molar-refractivity contribution is 5.87. The lowest BCUT2D eigenvalue weighted by molar-refractivity contribution is -0.137. The summed E-state index contributed by atoms with van der Waals surface area (Å²) in [5.41, 5.74) is 4.95. The van der Waals surface area contributed by atoms with E-state index in [1.165, 1.54) is 0 Å². The fourth-order valence-electron chi connectivity index (χ4n) is 5.62. The topological polar surface area (TPSA) is 116 Å². The third-order valence-corrected chi connectivity index (χ3v) is 7.79. The zero-order chi connectivity index (χ0) is 26.2. The van der Waals surface area contributed by atoms with Crippen LogP contribution in [0.4, 0.5) is 5.82 Å². The highest BCUT2D eigenvalue weighted by Gasteiger charge is 2.30. The number of pyridine rings is 2. The molecule has 0 spiro atoms. The molecule has 1 N–H and O–H groups in total. The number of aliphatic hydroxyl groups excluding tert-OH is 1. The molecule has 4 aromatic rings. The van der Waals surface area contributed by atoms with Gasteiger partial charge in [0.25, 0.3) is 0 Å². The minimum Gasteiger partial charge on any atom is -0.393 e. The van der Waals surface area contributed by atoms with Gasteiger partial charge in [-0.3, -0.25) is 9.48 Å². The van der Waals surface area contributed by atoms with Crippen molar-refractivity contribution < 1.29 is 9.90 Å². The molecule has 0 unspecified atom stereocenters. The third-order valence-electron chi connectivity index (χ3n) is 7.79. The van der Waals surface area contributed by atoms with E-state index in [-0.39, 0.29) is 17.9 Å². The van der Waals surface area contributed by atoms with Gasteiger partial charge < -0.3 is 14.9 Å². The molecule has 2 aliphatic rings. The summed E-state index contributed by atoms with van der Waals surface area (Å²) in [4.78, 5) is 21.9. The van der Waals surface area contributed by atoms with E-state index in [9.17, 15) is 15.2 Å². The van der Waals surface area contributed by atoms with Crippen LogP contribution in [0.25, 0.3) is 27.8 Å². The van der Waals surface area contributed by atoms with E-state index in [1.54, 1.807) is 15.4 Å². The van der Waals surface area contributed by atoms with Gasteiger partial charge in [-0.25, -0.2) is 9.50 Å². The molecule has 1 aliphatic heterocycles. The van der Waals surface area contributed by atoms with Crippen LogP contribution in [0.5, 0.6) is 0 Å². The molecule has 2 fully saturated rings. The molecule has 6 rings (SSSR count). The maximum atomic E-state index is 12.9. The van der Waals surface area contributed by atoms with Gasteiger partial charge in [0.2, 0.25) is 5.91 Å². The van der Waals surface area contributed by atoms with Gasteiger partial charge in [-0.2, -0.15) is 15.5 Å². The van der Waals surface area contributed by atoms with E-state index in [0.717, 1.165) is 72.4 Å². The zero-order valence-electron chi connectivity index (χ0n) is 21.4. The summed E-state index contributed by atoms with van der Waals surface area (Å²) in [6, 6.07) is 8.34. The number of nitriles is 1. The quantitative estimate of drug-likeness (QED) is 0.449. The standard InChI is InChI=1S/C28H30N8O2/c1-33-17-23(16-31-33)21-12-25(27-22(13-29)15-32-36(27)18-21)20-4-7-26(30-14-20)34-8-10-35(11-9-34)28(38)19-2-5-24(37)6-3-19/h4,7,12,14-19,24,37H,2-3,5-6,8-11H2,1H3. The molecule has 0 aromatic carbocycles. The van der Waals surface area contributed by atoms with Crippen LogP contribution in [0.2, 0.25) is 0 Å². The second-order valence-electron chi connectivity index (χ2n) is 10.2. The number of aryl methyl sites for hydroxylation is 1. The minimum atomic E-state index is -0.251. The van der Waals surface area contributed by atoms with Crippen molar-refractivity contribution in [1.29, 1.82) is 5.26 Å². The number of piperazine rings is 1. The predicted molar refractivity (Wildman–Crippen MR) is 142 cm³/mol. The SMILES string of the molecule is Cn1cc(-c2cc(-c3ccc(N4CCN(C(=O)C5CCC(O)CC5)CC4)nc3)c3c(C#N)cnn3c2)cn1. The minimum absolute atomic E-state index is 0.0449. The monoisotopic (exact) mass is 510 g/mol. The van der Waals surface area contributed by atoms with E-state index < -0.39 is 0 Å². The number of anilines is 1. The molecule has 1 saturated heterocycles. The van der Waals surface area contributed by atoms with Gasteiger partial charge in [0.05, 0.1) is 29.6 Å². The van der Waals surface area contributed by atoms with Crippen LogP contribution in [0, 0.1) is 17.2 Å². The highest BCUT2D eigenvalue weighted by atomic mass is 16.3. The summed E-state index contributed by atoms with van der Waals surface area (Å²) in [6.07, 6.45) is 11.9. The van der Waals surface area contributed by atoms with Crippen molar-refractivity contribution in [2.45, 2.75) is 31.8 Å². The zero-order valence-corrected chi connectivity index (χ0v) is 21.4. The van der Waals surface area contributed by atoms with Gasteiger partial charge in [0, 0.05) is 80.0 Å². The molecule has 1 aliphatic carbocycles. The summed E-state index contributed by atoms with van der Waals surface area (Å²) in [7, 11) is 1.88. The third kappa shape index (κ3) is 4.50. The average molecular weight is 511 g/mol. The molecule has 1 saturated carbocycles. The van der Waals surface area contributed by atoms with Crippen LogP contribution in [0.1, 0.15) is 31.2 Å². The first kappa shape index (κ1) is 24.1. The molecule has 38 heavy (non-hydrogen) atoms. The normalized spacial score (nSPS) is 20.0. The number of fused-ring (bicyclic) bond motifs is 1. The Morgan fingerprint density at radius 2 is 1.76 bits per heavy atom. The van der Waals surface area contributed by atoms with E-state index in [2.05, 4.69) is 27.2 Å². The molecule has 1 amide bonds. The smallest absolute Gasteiger partial charge is 0.225 e. The number of aromatic nitrogens is 5. The van der Waals surface area contributed by atoms with Gasteiger partial charge in [-0.15, -0.1) is 0 Å². The lowest BCUT2D eigenvalue weighted by atomic mass is 9.86. The van der Waals surface area contributed by atoms with Crippen molar-refractivity contribution in [3.8, 4) is 28.3 Å². The summed E-state index contributed by atoms with van der Waals surface area (Å²) >= 11 is 0. The molecule has 0 radical (unpaired) electrons. The molecule has 0 atom stereocenters. The number of rotatable bonds is 4. The molecular formula is C28H30N8O2. The van der Waals surface area contributed by atoms with E-state index in [4.69, 9.17) is 4.98 Å². The summed E-state index contributed by atoms with van der Waals surface area (Å²) in [5.74, 6) is 1.14. The molecule has 5 heterocycles. The number of hydrogen-bond donors (Lipinski definition) is 1. The van der Waals surface area contributed by atoms with Crippen molar-refractivity contribution in [3.63, 3.8) is 0 Å². The van der Waals surface area contributed by atoms with Crippen LogP contribution in [-0.4, -0.2) is 72.6 Å². The van der Waals surface area contributed by atoms with Gasteiger partial charge in [-0.1, -0.05) is 0 Å². The van der Waals surface area contributed by atoms with Crippen molar-refractivity contribution in [1.82, 2.24) is 29.3 Å². The van der Waals surface area contributed by atoms with Gasteiger partial charge in [0.1, 0.15) is 11.9 Å². The number of hydrogen-bond acceptors (Lipinski definition) is 7. The van der Waals surface area contributed by atoms with Crippen molar-refractivity contribution in [2.75, 3.05) is 31.1 Å². The van der Waals surface area contributed by atoms with E-state index >= 15 is 0 Å². The largest absolute Gasteiger partial charge is 0.393 e. The lowest BCUT2D eigenvalue weighted by Gasteiger charge is -2.38. The fraction of sp³-hybridized carbons (Fsp3) is 0.393. The van der Waals surface area contributed by atoms with Crippen LogP contribution in [-0.2, 0) is 11.8 Å². The second-order valence-corrected chi connectivity index (χ2v) is 10.2. The van der Waals surface area contributed by atoms with Crippen molar-refractivity contribution >= 4 is 17.2 Å². The molecule has 10 nitrogen and oxygen atoms in total. The fourth-order valence-corrected chi connectivity index (χ4v) is 5.62. The summed E-state index contributed by atoms with van der Waals surface area (Å²) in [5, 5.41) is 28.1. The van der Waals surface area contributed by atoms with Gasteiger partial charge in [0.15, 0.2) is 0 Å². The highest BCUT2D eigenvalue weighted by Crippen LogP contribution is 2.32. The number of nitrogens with zero attached hydrogens (tertiary/aromatic N) is 8. The maximum absolute atomic E-state index is 12.9. The first-order chi connectivity index (χ1) is 18.5. The van der Waals surface area contributed by atoms with E-state index in [1.807, 2.05) is 48.9 Å². The maximum Gasteiger partial charge on any atom is 0.225 e. The van der Waals surface area contributed by atoms with Crippen LogP contribution in [0.3, 0.4) is 0 Å². The molecule has 194 valence electrons. The number of aliphatic hydroxyl groups is 1. The second kappa shape index (κ2) is 9.91. The van der Waals surface area contributed by atoms with E-state index in [0.29, 0.717) is 18.7 Å². The Kier molecular flexibility index (Phi) is 6.29. The van der Waals surface area contributed by atoms with Crippen LogP contribution in [0.15, 0.2) is 49.2 Å². The van der Waals surface area contributed by atoms with Crippen LogP contribution < -0.4 is 4.90 Å². The van der Waals surface area contributed by atoms with Crippen molar-refractivity contribution in [3.05, 3.63) is 54.7 Å². The number of carbonyl (C=O) groups is 1. The van der Waals surface area contributed by atoms with Crippen LogP contribution >= 0.6 is 0 Å². The van der Waals surface area contributed by atoms with Gasteiger partial charge >= 0.3 is 0 Å². The first-order valence-corrected chi connectivity index (χ1v) is 13.1. The Hall–Kier alpha value is -4.23.